The maximum atomic E-state index is 14.4. The zero-order chi connectivity index (χ0) is 17.4. The first-order valence-corrected chi connectivity index (χ1v) is 8.27. The number of aromatic amines is 1. The van der Waals surface area contributed by atoms with Gasteiger partial charge < -0.3 is 14.2 Å². The fourth-order valence-corrected chi connectivity index (χ4v) is 3.64. The van der Waals surface area contributed by atoms with E-state index in [0.29, 0.717) is 44.9 Å². The average Bonchev–Trinajstić information content (AvgIpc) is 3.00. The fraction of sp³-hybridized carbons (Fsp3) is 0.471. The van der Waals surface area contributed by atoms with Crippen LogP contribution >= 0.6 is 0 Å². The van der Waals surface area contributed by atoms with E-state index in [0.717, 1.165) is 0 Å². The van der Waals surface area contributed by atoms with E-state index in [1.807, 2.05) is 0 Å². The molecule has 7 nitrogen and oxygen atoms in total. The number of halogens is 1. The molecular formula is C17H18FN3O4. The molecule has 132 valence electrons. The van der Waals surface area contributed by atoms with Gasteiger partial charge in [0.15, 0.2) is 0 Å². The summed E-state index contributed by atoms with van der Waals surface area (Å²) < 4.78 is 24.9. The first-order chi connectivity index (χ1) is 12.1. The molecular weight excluding hydrogens is 329 g/mol. The van der Waals surface area contributed by atoms with E-state index >= 15 is 0 Å². The lowest BCUT2D eigenvalue weighted by atomic mass is 9.74. The van der Waals surface area contributed by atoms with Crippen molar-refractivity contribution >= 4 is 5.91 Å². The van der Waals surface area contributed by atoms with E-state index in [1.54, 1.807) is 4.90 Å². The number of hydrogen-bond acceptors (Lipinski definition) is 5. The third-order valence-electron chi connectivity index (χ3n) is 5.08. The van der Waals surface area contributed by atoms with Gasteiger partial charge >= 0.3 is 0 Å². The predicted molar refractivity (Wildman–Crippen MR) is 84.6 cm³/mol. The zero-order valence-electron chi connectivity index (χ0n) is 13.5. The van der Waals surface area contributed by atoms with Crippen LogP contribution in [0.5, 0.6) is 0 Å². The Morgan fingerprint density at radius 3 is 2.76 bits per heavy atom. The number of ether oxygens (including phenoxy) is 1. The Bertz CT molecular complexity index is 834. The summed E-state index contributed by atoms with van der Waals surface area (Å²) in [5.74, 6) is -0.0820. The largest absolute Gasteiger partial charge is 0.383 e. The Morgan fingerprint density at radius 2 is 2.12 bits per heavy atom. The first kappa shape index (κ1) is 16.0. The van der Waals surface area contributed by atoms with E-state index in [4.69, 9.17) is 9.26 Å². The molecule has 0 saturated carbocycles. The molecule has 4 heterocycles. The second kappa shape index (κ2) is 6.11. The van der Waals surface area contributed by atoms with Gasteiger partial charge in [0.2, 0.25) is 5.91 Å². The second-order valence-electron chi connectivity index (χ2n) is 6.55. The van der Waals surface area contributed by atoms with Gasteiger partial charge in [0.25, 0.3) is 5.56 Å². The van der Waals surface area contributed by atoms with E-state index < -0.39 is 11.2 Å². The highest BCUT2D eigenvalue weighted by Crippen LogP contribution is 2.39. The van der Waals surface area contributed by atoms with Gasteiger partial charge in [0.1, 0.15) is 11.6 Å². The number of nitrogens with zero attached hydrogens (tertiary/aromatic N) is 2. The lowest BCUT2D eigenvalue weighted by molar-refractivity contribution is -0.146. The Labute approximate surface area is 142 Å². The Balaban J connectivity index is 1.58. The van der Waals surface area contributed by atoms with Crippen LogP contribution in [0.15, 0.2) is 33.7 Å². The van der Waals surface area contributed by atoms with Crippen LogP contribution in [0, 0.1) is 5.82 Å². The molecule has 2 aliphatic rings. The highest BCUT2D eigenvalue weighted by atomic mass is 19.1. The number of carbonyl (C=O) groups is 1. The average molecular weight is 347 g/mol. The standard InChI is InChI=1S/C17H18FN3O4/c18-12-2-1-5-19-15(12)17(3-6-24-7-4-17)16(23)21-9-11(10-21)13-8-14(22)20-25-13/h1-2,5,8,11H,3-4,6-7,9-10H2,(H,20,22). The van der Waals surface area contributed by atoms with Gasteiger partial charge in [-0.05, 0) is 25.0 Å². The summed E-state index contributed by atoms with van der Waals surface area (Å²) in [5.41, 5.74) is -1.09. The van der Waals surface area contributed by atoms with Crippen LogP contribution < -0.4 is 5.56 Å². The number of hydrogen-bond donors (Lipinski definition) is 1. The van der Waals surface area contributed by atoms with Crippen LogP contribution in [0.25, 0.3) is 0 Å². The van der Waals surface area contributed by atoms with Crippen molar-refractivity contribution in [1.29, 1.82) is 0 Å². The molecule has 1 amide bonds. The maximum absolute atomic E-state index is 14.4. The number of pyridine rings is 1. The second-order valence-corrected chi connectivity index (χ2v) is 6.55. The highest BCUT2D eigenvalue weighted by Gasteiger charge is 2.49. The van der Waals surface area contributed by atoms with E-state index in [9.17, 15) is 14.0 Å². The smallest absolute Gasteiger partial charge is 0.280 e. The van der Waals surface area contributed by atoms with Gasteiger partial charge in [-0.2, -0.15) is 5.16 Å². The van der Waals surface area contributed by atoms with Crippen molar-refractivity contribution in [3.05, 3.63) is 52.0 Å². The Hall–Kier alpha value is -2.48. The van der Waals surface area contributed by atoms with Gasteiger partial charge in [-0.3, -0.25) is 14.6 Å². The molecule has 0 unspecified atom stereocenters. The number of nitrogens with one attached hydrogen (secondary N) is 1. The Kier molecular flexibility index (Phi) is 3.91. The number of rotatable bonds is 3. The number of H-pyrrole nitrogens is 1. The molecule has 2 aliphatic heterocycles. The number of aromatic nitrogens is 2. The lowest BCUT2D eigenvalue weighted by Crippen LogP contribution is -2.57. The summed E-state index contributed by atoms with van der Waals surface area (Å²) in [6.07, 6.45) is 2.32. The summed E-state index contributed by atoms with van der Waals surface area (Å²) in [6, 6.07) is 4.25. The third-order valence-corrected chi connectivity index (χ3v) is 5.08. The molecule has 1 N–H and O–H groups in total. The van der Waals surface area contributed by atoms with Crippen molar-refractivity contribution in [2.45, 2.75) is 24.2 Å². The van der Waals surface area contributed by atoms with Crippen molar-refractivity contribution in [1.82, 2.24) is 15.0 Å². The third kappa shape index (κ3) is 2.66. The molecule has 2 aromatic rings. The van der Waals surface area contributed by atoms with Gasteiger partial charge in [-0.1, -0.05) is 0 Å². The minimum absolute atomic E-state index is 0.0200. The van der Waals surface area contributed by atoms with Gasteiger partial charge in [-0.15, -0.1) is 0 Å². The SMILES string of the molecule is O=C(N1CC(c2cc(=O)[nH]o2)C1)C1(c2ncccc2F)CCOCC1. The van der Waals surface area contributed by atoms with Crippen molar-refractivity contribution in [3.63, 3.8) is 0 Å². The minimum atomic E-state index is -0.993. The molecule has 0 aromatic carbocycles. The molecule has 0 atom stereocenters. The highest BCUT2D eigenvalue weighted by molar-refractivity contribution is 5.88. The number of amides is 1. The Morgan fingerprint density at radius 1 is 1.36 bits per heavy atom. The minimum Gasteiger partial charge on any atom is -0.383 e. The lowest BCUT2D eigenvalue weighted by Gasteiger charge is -2.45. The fourth-order valence-electron chi connectivity index (χ4n) is 3.64. The monoisotopic (exact) mass is 347 g/mol. The van der Waals surface area contributed by atoms with Crippen LogP contribution in [-0.2, 0) is 14.9 Å². The summed E-state index contributed by atoms with van der Waals surface area (Å²) >= 11 is 0. The molecule has 0 radical (unpaired) electrons. The topological polar surface area (TPSA) is 88.4 Å². The van der Waals surface area contributed by atoms with Crippen molar-refractivity contribution in [3.8, 4) is 0 Å². The summed E-state index contributed by atoms with van der Waals surface area (Å²) in [6.45, 7) is 1.67. The van der Waals surface area contributed by atoms with Crippen molar-refractivity contribution in [2.75, 3.05) is 26.3 Å². The molecule has 8 heteroatoms. The van der Waals surface area contributed by atoms with Crippen LogP contribution in [0.4, 0.5) is 4.39 Å². The predicted octanol–water partition coefficient (Wildman–Crippen LogP) is 1.18. The normalized spacial score (nSPS) is 20.3. The zero-order valence-corrected chi connectivity index (χ0v) is 13.5. The molecule has 0 aliphatic carbocycles. The first-order valence-electron chi connectivity index (χ1n) is 8.27. The molecule has 0 spiro atoms. The van der Waals surface area contributed by atoms with E-state index in [1.165, 1.54) is 24.4 Å². The van der Waals surface area contributed by atoms with Crippen LogP contribution in [0.1, 0.15) is 30.2 Å². The van der Waals surface area contributed by atoms with Crippen molar-refractivity contribution in [2.24, 2.45) is 0 Å². The van der Waals surface area contributed by atoms with Gasteiger partial charge in [0, 0.05) is 38.6 Å². The van der Waals surface area contributed by atoms with Crippen LogP contribution in [-0.4, -0.2) is 47.3 Å². The number of carbonyl (C=O) groups excluding carboxylic acids is 1. The van der Waals surface area contributed by atoms with Crippen LogP contribution in [0.3, 0.4) is 0 Å². The molecule has 2 saturated heterocycles. The van der Waals surface area contributed by atoms with E-state index in [2.05, 4.69) is 10.1 Å². The summed E-state index contributed by atoms with van der Waals surface area (Å²) in [5, 5.41) is 2.26. The molecule has 2 fully saturated rings. The van der Waals surface area contributed by atoms with E-state index in [-0.39, 0.29) is 23.1 Å². The number of likely N-dealkylation sites (tertiary alicyclic amines) is 1. The summed E-state index contributed by atoms with van der Waals surface area (Å²) in [7, 11) is 0. The molecule has 2 aromatic heterocycles. The van der Waals surface area contributed by atoms with Crippen molar-refractivity contribution < 1.29 is 18.4 Å². The van der Waals surface area contributed by atoms with Crippen LogP contribution in [0.2, 0.25) is 0 Å². The van der Waals surface area contributed by atoms with Gasteiger partial charge in [0.05, 0.1) is 17.0 Å². The molecule has 0 bridgehead atoms. The quantitative estimate of drug-likeness (QED) is 0.901. The molecule has 4 rings (SSSR count). The maximum Gasteiger partial charge on any atom is 0.280 e. The molecule has 25 heavy (non-hydrogen) atoms. The summed E-state index contributed by atoms with van der Waals surface area (Å²) in [4.78, 5) is 30.2. The van der Waals surface area contributed by atoms with Gasteiger partial charge in [-0.25, -0.2) is 4.39 Å².